The fourth-order valence-electron chi connectivity index (χ4n) is 7.27. The monoisotopic (exact) mass is 622 g/mol. The average molecular weight is 623 g/mol. The van der Waals surface area contributed by atoms with Gasteiger partial charge in [-0.05, 0) is 35.3 Å². The highest BCUT2D eigenvalue weighted by molar-refractivity contribution is 7.89. The van der Waals surface area contributed by atoms with Gasteiger partial charge in [0.2, 0.25) is 10.0 Å². The highest BCUT2D eigenvalue weighted by Gasteiger charge is 2.76. The lowest BCUT2D eigenvalue weighted by Crippen LogP contribution is -2.56. The van der Waals surface area contributed by atoms with E-state index in [0.29, 0.717) is 31.9 Å². The fraction of sp³-hybridized carbons (Fsp3) is 0.613. The smallest absolute Gasteiger partial charge is 0.215 e. The maximum Gasteiger partial charge on any atom is 0.215 e. The number of nitrogens with zero attached hydrogens (tertiary/aromatic N) is 2. The molecular weight excluding hydrogens is 576 g/mol. The molecule has 0 unspecified atom stereocenters. The van der Waals surface area contributed by atoms with Crippen molar-refractivity contribution in [2.24, 2.45) is 16.7 Å². The summed E-state index contributed by atoms with van der Waals surface area (Å²) in [5, 5.41) is 0. The molecule has 2 aromatic carbocycles. The number of likely N-dealkylation sites (N-methyl/N-ethyl adjacent to an activating group) is 1. The van der Waals surface area contributed by atoms with E-state index in [1.165, 1.54) is 0 Å². The molecule has 3 fully saturated rings. The largest absolute Gasteiger partial charge is 0.748 e. The van der Waals surface area contributed by atoms with Crippen LogP contribution >= 0.6 is 0 Å². The summed E-state index contributed by atoms with van der Waals surface area (Å²) in [6.45, 7) is 6.54. The van der Waals surface area contributed by atoms with Crippen molar-refractivity contribution in [2.45, 2.75) is 58.1 Å². The van der Waals surface area contributed by atoms with Crippen molar-refractivity contribution in [3.63, 3.8) is 0 Å². The molecule has 0 aromatic heterocycles. The Morgan fingerprint density at radius 1 is 0.929 bits per heavy atom. The third-order valence-electron chi connectivity index (χ3n) is 9.25. The zero-order valence-corrected chi connectivity index (χ0v) is 27.3. The summed E-state index contributed by atoms with van der Waals surface area (Å²) in [5.74, 6) is -0.403. The SMILES string of the molecule is CC1(C)[C@H]2CC[C@]1(CS(=O)(=O)N(Cc1ccccc1)Cc1ccccc1)[C@]1(C2)OC[C@H](C[N+](C)(C)C)O1.CS(=O)(=O)[O-]. The minimum atomic E-state index is -3.92. The van der Waals surface area contributed by atoms with Crippen LogP contribution in [-0.4, -0.2) is 88.4 Å². The number of hydrogen-bond donors (Lipinski definition) is 0. The maximum atomic E-state index is 14.4. The highest BCUT2D eigenvalue weighted by Crippen LogP contribution is 2.72. The molecular formula is C31H46N2O7S2. The molecule has 5 rings (SSSR count). The first-order chi connectivity index (χ1) is 19.4. The van der Waals surface area contributed by atoms with Gasteiger partial charge in [0.15, 0.2) is 5.79 Å². The van der Waals surface area contributed by atoms with Crippen LogP contribution < -0.4 is 0 Å². The molecule has 1 saturated heterocycles. The second-order valence-corrected chi connectivity index (χ2v) is 17.1. The lowest BCUT2D eigenvalue weighted by Gasteiger charge is -2.47. The molecule has 2 saturated carbocycles. The van der Waals surface area contributed by atoms with Gasteiger partial charge < -0.3 is 18.5 Å². The molecule has 1 spiro atoms. The van der Waals surface area contributed by atoms with E-state index in [1.54, 1.807) is 4.31 Å². The molecule has 0 amide bonds. The molecule has 9 nitrogen and oxygen atoms in total. The Kier molecular flexibility index (Phi) is 9.37. The molecule has 1 aliphatic heterocycles. The van der Waals surface area contributed by atoms with Crippen LogP contribution in [0.15, 0.2) is 60.7 Å². The van der Waals surface area contributed by atoms with Crippen molar-refractivity contribution >= 4 is 20.1 Å². The van der Waals surface area contributed by atoms with Gasteiger partial charge in [-0.25, -0.2) is 16.8 Å². The van der Waals surface area contributed by atoms with Gasteiger partial charge in [0.05, 0.1) is 43.6 Å². The second-order valence-electron chi connectivity index (χ2n) is 13.7. The summed E-state index contributed by atoms with van der Waals surface area (Å²) in [5.41, 5.74) is 1.19. The van der Waals surface area contributed by atoms with Gasteiger partial charge in [0, 0.05) is 31.2 Å². The standard InChI is InChI=1S/C30H43N2O4S.CH4O3S/c1-28(2)26-16-17-29(28,30(18-26)35-22-27(36-30)21-32(3,4)5)23-37(33,34)31(19-24-12-8-6-9-13-24)20-25-14-10-7-11-15-25;1-5(2,3)4/h6-15,26-27H,16-23H2,1-5H3;1H3,(H,2,3,4)/q+1;/p-1/t26-,27-,29+,30+;/m0./s1. The van der Waals surface area contributed by atoms with Crippen molar-refractivity contribution < 1.29 is 35.3 Å². The normalized spacial score (nSPS) is 28.7. The first-order valence-electron chi connectivity index (χ1n) is 14.4. The quantitative estimate of drug-likeness (QED) is 0.309. The molecule has 3 aliphatic rings. The Morgan fingerprint density at radius 2 is 1.43 bits per heavy atom. The van der Waals surface area contributed by atoms with Gasteiger partial charge in [-0.2, -0.15) is 4.31 Å². The van der Waals surface area contributed by atoms with Gasteiger partial charge in [-0.15, -0.1) is 0 Å². The molecule has 0 radical (unpaired) electrons. The van der Waals surface area contributed by atoms with Gasteiger partial charge >= 0.3 is 0 Å². The van der Waals surface area contributed by atoms with Crippen molar-refractivity contribution in [3.8, 4) is 0 Å². The summed E-state index contributed by atoms with van der Waals surface area (Å²) in [6.07, 6.45) is 3.19. The van der Waals surface area contributed by atoms with Crippen LogP contribution in [0, 0.1) is 16.7 Å². The minimum Gasteiger partial charge on any atom is -0.748 e. The van der Waals surface area contributed by atoms with E-state index in [9.17, 15) is 8.42 Å². The van der Waals surface area contributed by atoms with Gasteiger partial charge in [0.25, 0.3) is 0 Å². The Labute approximate surface area is 252 Å². The maximum absolute atomic E-state index is 14.4. The zero-order valence-electron chi connectivity index (χ0n) is 25.7. The molecule has 4 atom stereocenters. The van der Waals surface area contributed by atoms with E-state index in [0.717, 1.165) is 41.4 Å². The predicted molar refractivity (Wildman–Crippen MR) is 162 cm³/mol. The number of sulfonamides is 1. The summed E-state index contributed by atoms with van der Waals surface area (Å²) in [7, 11) is -1.11. The zero-order chi connectivity index (χ0) is 31.0. The van der Waals surface area contributed by atoms with Crippen LogP contribution in [-0.2, 0) is 42.7 Å². The molecule has 234 valence electrons. The first kappa shape index (κ1) is 33.0. The Morgan fingerprint density at radius 3 is 1.88 bits per heavy atom. The topological polar surface area (TPSA) is 113 Å². The van der Waals surface area contributed by atoms with Crippen LogP contribution in [0.4, 0.5) is 0 Å². The molecule has 1 heterocycles. The van der Waals surface area contributed by atoms with E-state index < -0.39 is 31.3 Å². The van der Waals surface area contributed by atoms with E-state index in [2.05, 4.69) is 35.0 Å². The van der Waals surface area contributed by atoms with Crippen molar-refractivity contribution in [2.75, 3.05) is 46.3 Å². The summed E-state index contributed by atoms with van der Waals surface area (Å²) in [4.78, 5) is 0. The van der Waals surface area contributed by atoms with Crippen molar-refractivity contribution in [1.82, 2.24) is 4.31 Å². The predicted octanol–water partition coefficient (Wildman–Crippen LogP) is 3.82. The Balaban J connectivity index is 0.000000748. The average Bonchev–Trinajstić information content (AvgIpc) is 3.42. The van der Waals surface area contributed by atoms with Crippen LogP contribution in [0.2, 0.25) is 0 Å². The summed E-state index contributed by atoms with van der Waals surface area (Å²) < 4.78 is 71.9. The lowest BCUT2D eigenvalue weighted by atomic mass is 9.68. The van der Waals surface area contributed by atoms with Gasteiger partial charge in [0.1, 0.15) is 12.6 Å². The molecule has 2 bridgehead atoms. The number of ether oxygens (including phenoxy) is 2. The Bertz CT molecular complexity index is 1380. The second kappa shape index (κ2) is 11.9. The molecule has 0 N–H and O–H groups in total. The van der Waals surface area contributed by atoms with Crippen LogP contribution in [0.1, 0.15) is 44.2 Å². The van der Waals surface area contributed by atoms with E-state index in [1.807, 2.05) is 60.7 Å². The molecule has 42 heavy (non-hydrogen) atoms. The molecule has 2 aliphatic carbocycles. The Hall–Kier alpha value is -1.86. The van der Waals surface area contributed by atoms with E-state index in [-0.39, 0.29) is 17.3 Å². The van der Waals surface area contributed by atoms with Crippen LogP contribution in [0.3, 0.4) is 0 Å². The fourth-order valence-corrected chi connectivity index (χ4v) is 9.51. The van der Waals surface area contributed by atoms with Gasteiger partial charge in [-0.3, -0.25) is 0 Å². The van der Waals surface area contributed by atoms with Crippen LogP contribution in [0.25, 0.3) is 0 Å². The third-order valence-corrected chi connectivity index (χ3v) is 11.2. The summed E-state index contributed by atoms with van der Waals surface area (Å²) >= 11 is 0. The number of benzene rings is 2. The third kappa shape index (κ3) is 7.26. The number of rotatable bonds is 9. The van der Waals surface area contributed by atoms with Gasteiger partial charge in [-0.1, -0.05) is 74.5 Å². The minimum absolute atomic E-state index is 0.0283. The van der Waals surface area contributed by atoms with Crippen molar-refractivity contribution in [1.29, 1.82) is 0 Å². The highest BCUT2D eigenvalue weighted by atomic mass is 32.2. The molecule has 2 aromatic rings. The molecule has 11 heteroatoms. The first-order valence-corrected chi connectivity index (χ1v) is 17.9. The number of quaternary nitrogens is 1. The number of fused-ring (bicyclic) bond motifs is 3. The van der Waals surface area contributed by atoms with Crippen molar-refractivity contribution in [3.05, 3.63) is 71.8 Å². The lowest BCUT2D eigenvalue weighted by molar-refractivity contribution is -0.873. The number of hydrogen-bond acceptors (Lipinski definition) is 7. The summed E-state index contributed by atoms with van der Waals surface area (Å²) in [6, 6.07) is 19.8. The van der Waals surface area contributed by atoms with E-state index in [4.69, 9.17) is 22.4 Å². The van der Waals surface area contributed by atoms with Crippen LogP contribution in [0.5, 0.6) is 0 Å². The van der Waals surface area contributed by atoms with E-state index >= 15 is 0 Å².